The lowest BCUT2D eigenvalue weighted by molar-refractivity contribution is -0.384. The van der Waals surface area contributed by atoms with E-state index in [2.05, 4.69) is 33.9 Å². The summed E-state index contributed by atoms with van der Waals surface area (Å²) in [4.78, 5) is 23.0. The number of rotatable bonds is 4. The van der Waals surface area contributed by atoms with Gasteiger partial charge in [-0.3, -0.25) is 15.0 Å². The third kappa shape index (κ3) is 4.10. The van der Waals surface area contributed by atoms with Crippen molar-refractivity contribution in [3.8, 4) is 5.75 Å². The lowest BCUT2D eigenvalue weighted by Crippen LogP contribution is -2.48. The fourth-order valence-electron chi connectivity index (χ4n) is 2.23. The van der Waals surface area contributed by atoms with Gasteiger partial charge >= 0.3 is 6.09 Å². The van der Waals surface area contributed by atoms with Crippen LogP contribution in [0.25, 0.3) is 0 Å². The minimum absolute atomic E-state index is 0.0344. The summed E-state index contributed by atoms with van der Waals surface area (Å²) >= 11 is 0. The Bertz CT molecular complexity index is 686. The van der Waals surface area contributed by atoms with Gasteiger partial charge in [0.2, 0.25) is 0 Å². The van der Waals surface area contributed by atoms with Gasteiger partial charge in [0, 0.05) is 12.1 Å². The number of amides is 1. The molecule has 1 amide bonds. The molecule has 1 aromatic carbocycles. The fraction of sp³-hybridized carbons (Fsp3) is 0.562. The average Bonchev–Trinajstić information content (AvgIpc) is 2.50. The molecule has 1 aliphatic heterocycles. The smallest absolute Gasteiger partial charge is 0.412 e. The van der Waals surface area contributed by atoms with E-state index in [9.17, 15) is 20.0 Å². The van der Waals surface area contributed by atoms with Gasteiger partial charge in [-0.1, -0.05) is 20.8 Å². The molecule has 0 aromatic heterocycles. The molecule has 0 radical (unpaired) electrons. The third-order valence-electron chi connectivity index (χ3n) is 4.79. The van der Waals surface area contributed by atoms with Crippen molar-refractivity contribution in [2.45, 2.75) is 45.0 Å². The van der Waals surface area contributed by atoms with Crippen molar-refractivity contribution in [3.63, 3.8) is 0 Å². The number of nitro groups is 1. The Kier molecular flexibility index (Phi) is 5.10. The van der Waals surface area contributed by atoms with Crippen LogP contribution in [-0.4, -0.2) is 43.7 Å². The zero-order chi connectivity index (χ0) is 19.0. The monoisotopic (exact) mass is 368 g/mol. The number of hydrogen-bond donors (Lipinski definition) is 1. The second-order valence-corrected chi connectivity index (χ2v) is 12.4. The van der Waals surface area contributed by atoms with Crippen molar-refractivity contribution in [1.82, 2.24) is 0 Å². The van der Waals surface area contributed by atoms with Crippen molar-refractivity contribution >= 4 is 25.8 Å². The van der Waals surface area contributed by atoms with Crippen molar-refractivity contribution in [1.29, 1.82) is 0 Å². The van der Waals surface area contributed by atoms with E-state index in [4.69, 9.17) is 9.16 Å². The highest BCUT2D eigenvalue weighted by molar-refractivity contribution is 6.74. The first-order chi connectivity index (χ1) is 11.4. The van der Waals surface area contributed by atoms with Crippen LogP contribution in [0, 0.1) is 10.1 Å². The number of ether oxygens (including phenoxy) is 1. The molecule has 0 saturated heterocycles. The zero-order valence-corrected chi connectivity index (χ0v) is 16.1. The van der Waals surface area contributed by atoms with Gasteiger partial charge in [0.1, 0.15) is 11.9 Å². The van der Waals surface area contributed by atoms with Gasteiger partial charge in [0.05, 0.1) is 23.8 Å². The summed E-state index contributed by atoms with van der Waals surface area (Å²) in [6.07, 6.45) is -1.64. The molecule has 0 spiro atoms. The van der Waals surface area contributed by atoms with Crippen LogP contribution in [0.5, 0.6) is 5.75 Å². The Balaban J connectivity index is 2.21. The highest BCUT2D eigenvalue weighted by Crippen LogP contribution is 2.39. The predicted octanol–water partition coefficient (Wildman–Crippen LogP) is 3.86. The van der Waals surface area contributed by atoms with Gasteiger partial charge in [-0.2, -0.15) is 0 Å². The molecule has 0 saturated carbocycles. The largest absolute Gasteiger partial charge is 0.484 e. The molecule has 1 aliphatic rings. The van der Waals surface area contributed by atoms with Gasteiger partial charge in [0.25, 0.3) is 5.69 Å². The molecule has 8 nitrogen and oxygen atoms in total. The summed E-state index contributed by atoms with van der Waals surface area (Å²) in [6.45, 7) is 10.9. The minimum Gasteiger partial charge on any atom is -0.484 e. The number of carbonyl (C=O) groups is 1. The summed E-state index contributed by atoms with van der Waals surface area (Å²) in [6, 6.07) is 3.95. The van der Waals surface area contributed by atoms with Crippen LogP contribution in [0.4, 0.5) is 16.2 Å². The average molecular weight is 368 g/mol. The van der Waals surface area contributed by atoms with E-state index >= 15 is 0 Å². The summed E-state index contributed by atoms with van der Waals surface area (Å²) in [5.41, 5.74) is 0.00912. The molecular formula is C16H24N2O6Si. The molecule has 1 atom stereocenters. The molecular weight excluding hydrogens is 344 g/mol. The van der Waals surface area contributed by atoms with E-state index in [1.807, 2.05) is 0 Å². The van der Waals surface area contributed by atoms with Crippen molar-refractivity contribution in [2.75, 3.05) is 18.1 Å². The van der Waals surface area contributed by atoms with Crippen molar-refractivity contribution < 1.29 is 24.0 Å². The summed E-state index contributed by atoms with van der Waals surface area (Å²) in [7, 11) is -1.99. The van der Waals surface area contributed by atoms with Crippen LogP contribution in [0.15, 0.2) is 18.2 Å². The van der Waals surface area contributed by atoms with E-state index < -0.39 is 25.4 Å². The Labute approximate surface area is 147 Å². The van der Waals surface area contributed by atoms with E-state index in [1.165, 1.54) is 18.2 Å². The first-order valence-corrected chi connectivity index (χ1v) is 10.9. The number of benzene rings is 1. The number of fused-ring (bicyclic) bond motifs is 1. The summed E-state index contributed by atoms with van der Waals surface area (Å²) in [5.74, 6) is 0.308. The topological polar surface area (TPSA) is 102 Å². The summed E-state index contributed by atoms with van der Waals surface area (Å²) in [5, 5.41) is 20.4. The van der Waals surface area contributed by atoms with Crippen LogP contribution in [0.1, 0.15) is 20.8 Å². The van der Waals surface area contributed by atoms with Gasteiger partial charge in [-0.15, -0.1) is 0 Å². The summed E-state index contributed by atoms with van der Waals surface area (Å²) < 4.78 is 11.9. The van der Waals surface area contributed by atoms with Crippen LogP contribution >= 0.6 is 0 Å². The molecule has 1 heterocycles. The minimum atomic E-state index is -1.99. The maximum absolute atomic E-state index is 11.6. The Morgan fingerprint density at radius 1 is 1.48 bits per heavy atom. The molecule has 9 heteroatoms. The van der Waals surface area contributed by atoms with Crippen LogP contribution < -0.4 is 9.64 Å². The number of nitro benzene ring substituents is 1. The first-order valence-electron chi connectivity index (χ1n) is 8.02. The second kappa shape index (κ2) is 6.64. The van der Waals surface area contributed by atoms with Gasteiger partial charge < -0.3 is 14.3 Å². The van der Waals surface area contributed by atoms with E-state index in [0.717, 1.165) is 4.90 Å². The third-order valence-corrected chi connectivity index (χ3v) is 9.29. The molecule has 0 fully saturated rings. The standard InChI is InChI=1S/C16H24N2O6Si/c1-16(2,3)25(4,5)23-10-12-9-17(15(19)20)13-8-11(18(21)22)6-7-14(13)24-12/h6-8,12H,9-10H2,1-5H3,(H,19,20)/t12-/m0/s1. The molecule has 0 unspecified atom stereocenters. The first kappa shape index (κ1) is 19.2. The Morgan fingerprint density at radius 3 is 2.64 bits per heavy atom. The number of anilines is 1. The normalized spacial score (nSPS) is 17.6. The lowest BCUT2D eigenvalue weighted by Gasteiger charge is -2.39. The van der Waals surface area contributed by atoms with Crippen molar-refractivity contribution in [2.24, 2.45) is 0 Å². The van der Waals surface area contributed by atoms with E-state index in [-0.39, 0.29) is 29.6 Å². The lowest BCUT2D eigenvalue weighted by atomic mass is 10.2. The molecule has 0 aliphatic carbocycles. The maximum Gasteiger partial charge on any atom is 0.412 e. The highest BCUT2D eigenvalue weighted by Gasteiger charge is 2.39. The molecule has 1 N–H and O–H groups in total. The van der Waals surface area contributed by atoms with Crippen LogP contribution in [0.2, 0.25) is 18.1 Å². The fourth-order valence-corrected chi connectivity index (χ4v) is 3.27. The highest BCUT2D eigenvalue weighted by atomic mass is 28.4. The second-order valence-electron chi connectivity index (χ2n) is 7.61. The van der Waals surface area contributed by atoms with Gasteiger partial charge in [0.15, 0.2) is 8.32 Å². The van der Waals surface area contributed by atoms with E-state index in [0.29, 0.717) is 5.75 Å². The molecule has 138 valence electrons. The van der Waals surface area contributed by atoms with Crippen LogP contribution in [-0.2, 0) is 4.43 Å². The molecule has 0 bridgehead atoms. The maximum atomic E-state index is 11.6. The Morgan fingerprint density at radius 2 is 2.12 bits per heavy atom. The quantitative estimate of drug-likeness (QED) is 0.492. The molecule has 25 heavy (non-hydrogen) atoms. The Hall–Kier alpha value is -2.13. The predicted molar refractivity (Wildman–Crippen MR) is 96.0 cm³/mol. The number of hydrogen-bond acceptors (Lipinski definition) is 5. The number of nitrogens with zero attached hydrogens (tertiary/aromatic N) is 2. The number of carboxylic acid groups (broad SMARTS) is 1. The SMILES string of the molecule is CC(C)(C)[Si](C)(C)OC[C@@H]1CN(C(=O)O)c2cc([N+](=O)[O-])ccc2O1. The van der Waals surface area contributed by atoms with Crippen molar-refractivity contribution in [3.05, 3.63) is 28.3 Å². The van der Waals surface area contributed by atoms with E-state index in [1.54, 1.807) is 0 Å². The number of non-ortho nitro benzene ring substituents is 1. The zero-order valence-electron chi connectivity index (χ0n) is 15.1. The molecule has 2 rings (SSSR count). The van der Waals surface area contributed by atoms with Gasteiger partial charge in [-0.05, 0) is 24.2 Å². The van der Waals surface area contributed by atoms with Crippen LogP contribution in [0.3, 0.4) is 0 Å². The van der Waals surface area contributed by atoms with Gasteiger partial charge in [-0.25, -0.2) is 4.79 Å². The molecule has 1 aromatic rings.